The van der Waals surface area contributed by atoms with Gasteiger partial charge in [0, 0.05) is 11.4 Å². The monoisotopic (exact) mass is 480 g/mol. The van der Waals surface area contributed by atoms with Gasteiger partial charge in [0.2, 0.25) is 0 Å². The summed E-state index contributed by atoms with van der Waals surface area (Å²) >= 11 is 0. The van der Waals surface area contributed by atoms with E-state index in [9.17, 15) is 19.8 Å². The van der Waals surface area contributed by atoms with Crippen LogP contribution in [0.3, 0.4) is 0 Å². The molecule has 0 aliphatic heterocycles. The van der Waals surface area contributed by atoms with Gasteiger partial charge in [-0.25, -0.2) is 9.59 Å². The van der Waals surface area contributed by atoms with Gasteiger partial charge in [0.15, 0.2) is 0 Å². The third kappa shape index (κ3) is 7.44. The van der Waals surface area contributed by atoms with Crippen LogP contribution in [0.5, 0.6) is 0 Å². The summed E-state index contributed by atoms with van der Waals surface area (Å²) in [6.07, 6.45) is 6.88. The second kappa shape index (κ2) is 12.0. The van der Waals surface area contributed by atoms with E-state index in [0.29, 0.717) is 11.4 Å². The Morgan fingerprint density at radius 1 is 0.629 bits per heavy atom. The van der Waals surface area contributed by atoms with Crippen LogP contribution >= 0.6 is 0 Å². The summed E-state index contributed by atoms with van der Waals surface area (Å²) in [5.74, 6) is 0. The Kier molecular flexibility index (Phi) is 8.60. The number of amides is 4. The molecule has 0 radical (unpaired) electrons. The minimum atomic E-state index is -0.474. The first-order chi connectivity index (χ1) is 17.0. The van der Waals surface area contributed by atoms with Gasteiger partial charge < -0.3 is 31.5 Å². The molecule has 0 spiro atoms. The molecule has 2 aliphatic rings. The molecule has 35 heavy (non-hydrogen) atoms. The lowest BCUT2D eigenvalue weighted by Crippen LogP contribution is -2.46. The Hall–Kier alpha value is -3.10. The van der Waals surface area contributed by atoms with Crippen LogP contribution in [0.4, 0.5) is 21.0 Å². The molecular weight excluding hydrogens is 444 g/mol. The molecule has 4 rings (SSSR count). The van der Waals surface area contributed by atoms with Crippen LogP contribution in [0, 0.1) is 0 Å². The quantitative estimate of drug-likeness (QED) is 0.372. The van der Waals surface area contributed by atoms with E-state index in [1.165, 1.54) is 0 Å². The minimum Gasteiger partial charge on any atom is -0.391 e. The molecule has 2 fully saturated rings. The fourth-order valence-corrected chi connectivity index (χ4v) is 4.88. The number of carbonyl (C=O) groups is 2. The average molecular weight is 481 g/mol. The summed E-state index contributed by atoms with van der Waals surface area (Å²) in [5.41, 5.74) is 3.60. The van der Waals surface area contributed by atoms with E-state index < -0.39 is 12.2 Å². The molecule has 0 bridgehead atoms. The zero-order valence-electron chi connectivity index (χ0n) is 20.0. The Morgan fingerprint density at radius 3 is 1.37 bits per heavy atom. The molecule has 2 saturated carbocycles. The summed E-state index contributed by atoms with van der Waals surface area (Å²) < 4.78 is 0. The predicted octanol–water partition coefficient (Wildman–Crippen LogP) is 4.13. The van der Waals surface area contributed by atoms with Crippen LogP contribution in [-0.2, 0) is 6.42 Å². The van der Waals surface area contributed by atoms with Crippen LogP contribution in [0.15, 0.2) is 48.5 Å². The summed E-state index contributed by atoms with van der Waals surface area (Å²) in [4.78, 5) is 24.5. The van der Waals surface area contributed by atoms with Crippen molar-refractivity contribution in [2.75, 3.05) is 10.6 Å². The molecule has 8 heteroatoms. The van der Waals surface area contributed by atoms with Gasteiger partial charge in [-0.3, -0.25) is 0 Å². The topological polar surface area (TPSA) is 123 Å². The lowest BCUT2D eigenvalue weighted by molar-refractivity contribution is 0.0955. The van der Waals surface area contributed by atoms with Gasteiger partial charge >= 0.3 is 12.1 Å². The van der Waals surface area contributed by atoms with Crippen molar-refractivity contribution in [3.05, 3.63) is 59.7 Å². The maximum absolute atomic E-state index is 12.3. The number of benzene rings is 2. The molecule has 2 aliphatic carbocycles. The van der Waals surface area contributed by atoms with Crippen LogP contribution in [0.2, 0.25) is 0 Å². The largest absolute Gasteiger partial charge is 0.391 e. The molecule has 0 heterocycles. The Morgan fingerprint density at radius 2 is 1.00 bits per heavy atom. The van der Waals surface area contributed by atoms with E-state index in [0.717, 1.165) is 68.9 Å². The normalized spacial score (nSPS) is 24.3. The van der Waals surface area contributed by atoms with Crippen molar-refractivity contribution in [3.63, 3.8) is 0 Å². The second-order valence-corrected chi connectivity index (χ2v) is 9.68. The molecule has 2 aromatic rings. The van der Waals surface area contributed by atoms with E-state index in [4.69, 9.17) is 0 Å². The maximum atomic E-state index is 12.3. The molecule has 4 amide bonds. The third-order valence-corrected chi connectivity index (χ3v) is 6.92. The Balaban J connectivity index is 1.23. The number of anilines is 2. The highest BCUT2D eigenvalue weighted by atomic mass is 16.3. The second-order valence-electron chi connectivity index (χ2n) is 9.68. The van der Waals surface area contributed by atoms with Crippen LogP contribution in [0.25, 0.3) is 0 Å². The first-order valence-corrected chi connectivity index (χ1v) is 12.7. The highest BCUT2D eigenvalue weighted by Crippen LogP contribution is 2.20. The van der Waals surface area contributed by atoms with Crippen molar-refractivity contribution in [3.8, 4) is 0 Å². The smallest absolute Gasteiger partial charge is 0.319 e. The standard InChI is InChI=1S/C27H36N4O4/c32-24-7-3-1-5-22(24)30-26(34)28-20-13-9-18(10-14-20)17-19-11-15-21(16-12-19)29-27(35)31-23-6-2-4-8-25(23)33/h9-16,22-25,32-33H,1-8,17H2,(H2,28,30,34)(H2,29,31,35)/t22-,23-,24-,25+/m1/s1. The first kappa shape index (κ1) is 25.0. The highest BCUT2D eigenvalue weighted by Gasteiger charge is 2.25. The number of hydrogen-bond acceptors (Lipinski definition) is 4. The van der Waals surface area contributed by atoms with Gasteiger partial charge in [0.1, 0.15) is 0 Å². The molecular formula is C27H36N4O4. The number of urea groups is 2. The van der Waals surface area contributed by atoms with Crippen LogP contribution in [0.1, 0.15) is 62.5 Å². The van der Waals surface area contributed by atoms with E-state index in [1.807, 2.05) is 48.5 Å². The molecule has 6 N–H and O–H groups in total. The zero-order chi connectivity index (χ0) is 24.6. The number of rotatable bonds is 6. The fourth-order valence-electron chi connectivity index (χ4n) is 4.88. The van der Waals surface area contributed by atoms with Crippen molar-refractivity contribution in [2.45, 2.75) is 82.1 Å². The van der Waals surface area contributed by atoms with Crippen molar-refractivity contribution in [1.29, 1.82) is 0 Å². The lowest BCUT2D eigenvalue weighted by atomic mass is 9.93. The number of aliphatic hydroxyl groups excluding tert-OH is 2. The molecule has 4 atom stereocenters. The summed E-state index contributed by atoms with van der Waals surface area (Å²) in [5, 5.41) is 31.5. The highest BCUT2D eigenvalue weighted by molar-refractivity contribution is 5.90. The van der Waals surface area contributed by atoms with Gasteiger partial charge in [-0.2, -0.15) is 0 Å². The number of hydrogen-bond donors (Lipinski definition) is 6. The van der Waals surface area contributed by atoms with Gasteiger partial charge in [-0.15, -0.1) is 0 Å². The van der Waals surface area contributed by atoms with Gasteiger partial charge in [-0.1, -0.05) is 49.9 Å². The third-order valence-electron chi connectivity index (χ3n) is 6.92. The average Bonchev–Trinajstić information content (AvgIpc) is 2.84. The minimum absolute atomic E-state index is 0.189. The maximum Gasteiger partial charge on any atom is 0.319 e. The van der Waals surface area contributed by atoms with E-state index in [1.54, 1.807) is 0 Å². The van der Waals surface area contributed by atoms with Crippen LogP contribution < -0.4 is 21.3 Å². The van der Waals surface area contributed by atoms with Crippen molar-refractivity contribution in [1.82, 2.24) is 10.6 Å². The molecule has 188 valence electrons. The van der Waals surface area contributed by atoms with Gasteiger partial charge in [0.05, 0.1) is 24.3 Å². The van der Waals surface area contributed by atoms with Gasteiger partial charge in [0.25, 0.3) is 0 Å². The fraction of sp³-hybridized carbons (Fsp3) is 0.481. The van der Waals surface area contributed by atoms with Gasteiger partial charge in [-0.05, 0) is 67.5 Å². The van der Waals surface area contributed by atoms with Crippen LogP contribution in [-0.4, -0.2) is 46.6 Å². The summed E-state index contributed by atoms with van der Waals surface area (Å²) in [7, 11) is 0. The van der Waals surface area contributed by atoms with Crippen molar-refractivity contribution in [2.24, 2.45) is 0 Å². The first-order valence-electron chi connectivity index (χ1n) is 12.7. The van der Waals surface area contributed by atoms with E-state index in [-0.39, 0.29) is 24.1 Å². The Labute approximate surface area is 206 Å². The zero-order valence-corrected chi connectivity index (χ0v) is 20.0. The lowest BCUT2D eigenvalue weighted by Gasteiger charge is -2.28. The predicted molar refractivity (Wildman–Crippen MR) is 137 cm³/mol. The summed E-state index contributed by atoms with van der Waals surface area (Å²) in [6, 6.07) is 14.4. The number of nitrogens with one attached hydrogen (secondary N) is 4. The Bertz CT molecular complexity index is 900. The molecule has 0 aromatic heterocycles. The SMILES string of the molecule is O=C(Nc1ccc(Cc2ccc(NC(=O)N[C@@H]3CCCC[C@@H]3O)cc2)cc1)N[C@@H]1CCCC[C@H]1O. The number of carbonyl (C=O) groups excluding carboxylic acids is 2. The van der Waals surface area contributed by atoms with E-state index >= 15 is 0 Å². The van der Waals surface area contributed by atoms with Crippen molar-refractivity contribution < 1.29 is 19.8 Å². The summed E-state index contributed by atoms with van der Waals surface area (Å²) in [6.45, 7) is 0. The van der Waals surface area contributed by atoms with Crippen molar-refractivity contribution >= 4 is 23.4 Å². The number of aliphatic hydroxyl groups is 2. The molecule has 0 saturated heterocycles. The molecule has 2 aromatic carbocycles. The molecule has 0 unspecified atom stereocenters. The molecule has 8 nitrogen and oxygen atoms in total. The van der Waals surface area contributed by atoms with E-state index in [2.05, 4.69) is 21.3 Å².